The maximum absolute atomic E-state index is 13.3. The van der Waals surface area contributed by atoms with Crippen molar-refractivity contribution in [1.82, 2.24) is 10.2 Å². The number of hydrogen-bond donors (Lipinski definition) is 1. The molecule has 1 aromatic carbocycles. The second-order valence-corrected chi connectivity index (χ2v) is 4.80. The summed E-state index contributed by atoms with van der Waals surface area (Å²) < 4.78 is 26.2. The Bertz CT molecular complexity index is 393. The van der Waals surface area contributed by atoms with Crippen LogP contribution in [-0.2, 0) is 0 Å². The number of benzene rings is 1. The molecule has 0 spiro atoms. The van der Waals surface area contributed by atoms with Crippen LogP contribution < -0.4 is 5.32 Å². The molecular weight excluding hydrogens is 222 g/mol. The fourth-order valence-corrected chi connectivity index (χ4v) is 2.55. The largest absolute Gasteiger partial charge is 0.316 e. The van der Waals surface area contributed by atoms with Crippen LogP contribution in [0, 0.1) is 11.6 Å². The van der Waals surface area contributed by atoms with Crippen LogP contribution in [0.15, 0.2) is 18.2 Å². The molecule has 0 aromatic heterocycles. The number of rotatable bonds is 2. The minimum atomic E-state index is -0.779. The van der Waals surface area contributed by atoms with E-state index in [0.29, 0.717) is 6.04 Å². The first-order valence-electron chi connectivity index (χ1n) is 5.91. The highest BCUT2D eigenvalue weighted by Crippen LogP contribution is 2.27. The van der Waals surface area contributed by atoms with Gasteiger partial charge >= 0.3 is 0 Å². The first-order chi connectivity index (χ1) is 8.09. The third-order valence-corrected chi connectivity index (χ3v) is 3.48. The van der Waals surface area contributed by atoms with Crippen LogP contribution in [0.25, 0.3) is 0 Å². The Balaban J connectivity index is 2.26. The molecule has 1 aromatic rings. The predicted octanol–water partition coefficient (Wildman–Crippen LogP) is 1.97. The van der Waals surface area contributed by atoms with Crippen LogP contribution in [0.2, 0.25) is 0 Å². The van der Waals surface area contributed by atoms with Crippen molar-refractivity contribution in [3.8, 4) is 0 Å². The molecular formula is C13H18F2N2. The molecule has 17 heavy (non-hydrogen) atoms. The molecule has 1 aliphatic rings. The van der Waals surface area contributed by atoms with Gasteiger partial charge in [0.25, 0.3) is 0 Å². The Labute approximate surface area is 101 Å². The van der Waals surface area contributed by atoms with Gasteiger partial charge in [-0.25, -0.2) is 8.78 Å². The van der Waals surface area contributed by atoms with Crippen LogP contribution in [0.1, 0.15) is 17.9 Å². The average molecular weight is 240 g/mol. The highest BCUT2D eigenvalue weighted by atomic mass is 19.2. The summed E-state index contributed by atoms with van der Waals surface area (Å²) >= 11 is 0. The van der Waals surface area contributed by atoms with E-state index in [1.807, 2.05) is 14.1 Å². The van der Waals surface area contributed by atoms with E-state index in [1.165, 1.54) is 12.1 Å². The summed E-state index contributed by atoms with van der Waals surface area (Å²) in [6.07, 6.45) is 1.02. The molecule has 0 radical (unpaired) electrons. The lowest BCUT2D eigenvalue weighted by Crippen LogP contribution is -2.45. The summed E-state index contributed by atoms with van der Waals surface area (Å²) in [7, 11) is 4.06. The molecule has 0 saturated carbocycles. The lowest BCUT2D eigenvalue weighted by atomic mass is 9.86. The normalized spacial score (nSPS) is 25.2. The van der Waals surface area contributed by atoms with Crippen molar-refractivity contribution in [2.75, 3.05) is 27.2 Å². The van der Waals surface area contributed by atoms with Gasteiger partial charge < -0.3 is 10.2 Å². The van der Waals surface area contributed by atoms with Gasteiger partial charge in [0.15, 0.2) is 11.6 Å². The van der Waals surface area contributed by atoms with Crippen LogP contribution in [-0.4, -0.2) is 38.1 Å². The van der Waals surface area contributed by atoms with Crippen molar-refractivity contribution >= 4 is 0 Å². The van der Waals surface area contributed by atoms with E-state index in [1.54, 1.807) is 6.07 Å². The van der Waals surface area contributed by atoms with Gasteiger partial charge in [-0.2, -0.15) is 0 Å². The van der Waals surface area contributed by atoms with E-state index in [4.69, 9.17) is 0 Å². The van der Waals surface area contributed by atoms with Crippen molar-refractivity contribution in [1.29, 1.82) is 0 Å². The van der Waals surface area contributed by atoms with Crippen LogP contribution in [0.4, 0.5) is 8.78 Å². The van der Waals surface area contributed by atoms with Gasteiger partial charge in [0.05, 0.1) is 0 Å². The van der Waals surface area contributed by atoms with Crippen LogP contribution in [0.5, 0.6) is 0 Å². The first kappa shape index (κ1) is 12.5. The van der Waals surface area contributed by atoms with E-state index in [2.05, 4.69) is 10.2 Å². The zero-order valence-corrected chi connectivity index (χ0v) is 10.2. The second kappa shape index (κ2) is 5.10. The first-order valence-corrected chi connectivity index (χ1v) is 5.91. The molecule has 1 aliphatic heterocycles. The molecule has 4 heteroatoms. The van der Waals surface area contributed by atoms with Crippen LogP contribution in [0.3, 0.4) is 0 Å². The van der Waals surface area contributed by atoms with Crippen molar-refractivity contribution in [2.45, 2.75) is 18.4 Å². The van der Waals surface area contributed by atoms with Gasteiger partial charge in [-0.1, -0.05) is 6.07 Å². The molecule has 0 amide bonds. The standard InChI is InChI=1S/C13H18F2N2/c1-17(2)13-5-6-16-8-10(13)9-3-4-11(14)12(15)7-9/h3-4,7,10,13,16H,5-6,8H2,1-2H3. The van der Waals surface area contributed by atoms with E-state index >= 15 is 0 Å². The summed E-state index contributed by atoms with van der Waals surface area (Å²) in [4.78, 5) is 2.16. The SMILES string of the molecule is CN(C)C1CCNCC1c1ccc(F)c(F)c1. The fourth-order valence-electron chi connectivity index (χ4n) is 2.55. The molecule has 1 fully saturated rings. The molecule has 1 N–H and O–H groups in total. The highest BCUT2D eigenvalue weighted by Gasteiger charge is 2.28. The molecule has 94 valence electrons. The summed E-state index contributed by atoms with van der Waals surface area (Å²) in [6, 6.07) is 4.60. The Kier molecular flexibility index (Phi) is 3.74. The molecule has 1 saturated heterocycles. The van der Waals surface area contributed by atoms with Crippen LogP contribution >= 0.6 is 0 Å². The number of nitrogens with one attached hydrogen (secondary N) is 1. The molecule has 2 rings (SSSR count). The van der Waals surface area contributed by atoms with Gasteiger partial charge in [0.2, 0.25) is 0 Å². The zero-order valence-electron chi connectivity index (χ0n) is 10.2. The van der Waals surface area contributed by atoms with Gasteiger partial charge in [0, 0.05) is 18.5 Å². The van der Waals surface area contributed by atoms with Crippen molar-refractivity contribution in [3.05, 3.63) is 35.4 Å². The van der Waals surface area contributed by atoms with Gasteiger partial charge in [-0.15, -0.1) is 0 Å². The smallest absolute Gasteiger partial charge is 0.159 e. The predicted molar refractivity (Wildman–Crippen MR) is 64.1 cm³/mol. The van der Waals surface area contributed by atoms with Gasteiger partial charge in [0.1, 0.15) is 0 Å². The third-order valence-electron chi connectivity index (χ3n) is 3.48. The molecule has 2 atom stereocenters. The quantitative estimate of drug-likeness (QED) is 0.850. The number of likely N-dealkylation sites (N-methyl/N-ethyl adjacent to an activating group) is 1. The van der Waals surface area contributed by atoms with E-state index in [-0.39, 0.29) is 5.92 Å². The van der Waals surface area contributed by atoms with Crippen molar-refractivity contribution < 1.29 is 8.78 Å². The van der Waals surface area contributed by atoms with Crippen molar-refractivity contribution in [2.24, 2.45) is 0 Å². The molecule has 2 unspecified atom stereocenters. The Morgan fingerprint density at radius 3 is 2.65 bits per heavy atom. The Hall–Kier alpha value is -1.00. The fraction of sp³-hybridized carbons (Fsp3) is 0.538. The summed E-state index contributed by atoms with van der Waals surface area (Å²) in [5, 5.41) is 3.31. The molecule has 0 aliphatic carbocycles. The summed E-state index contributed by atoms with van der Waals surface area (Å²) in [5.41, 5.74) is 0.870. The minimum absolute atomic E-state index is 0.217. The maximum atomic E-state index is 13.3. The number of piperidine rings is 1. The van der Waals surface area contributed by atoms with Gasteiger partial charge in [-0.3, -0.25) is 0 Å². The lowest BCUT2D eigenvalue weighted by Gasteiger charge is -2.37. The third kappa shape index (κ3) is 2.64. The van der Waals surface area contributed by atoms with Crippen molar-refractivity contribution in [3.63, 3.8) is 0 Å². The van der Waals surface area contributed by atoms with E-state index in [9.17, 15) is 8.78 Å². The second-order valence-electron chi connectivity index (χ2n) is 4.80. The summed E-state index contributed by atoms with van der Waals surface area (Å²) in [6.45, 7) is 1.79. The Morgan fingerprint density at radius 1 is 1.24 bits per heavy atom. The minimum Gasteiger partial charge on any atom is -0.316 e. The topological polar surface area (TPSA) is 15.3 Å². The Morgan fingerprint density at radius 2 is 2.00 bits per heavy atom. The maximum Gasteiger partial charge on any atom is 0.159 e. The number of nitrogens with zero attached hydrogens (tertiary/aromatic N) is 1. The van der Waals surface area contributed by atoms with Gasteiger partial charge in [-0.05, 0) is 44.8 Å². The highest BCUT2D eigenvalue weighted by molar-refractivity contribution is 5.24. The van der Waals surface area contributed by atoms with E-state index < -0.39 is 11.6 Å². The number of halogens is 2. The lowest BCUT2D eigenvalue weighted by molar-refractivity contribution is 0.209. The monoisotopic (exact) mass is 240 g/mol. The van der Waals surface area contributed by atoms with E-state index in [0.717, 1.165) is 25.1 Å². The molecule has 1 heterocycles. The molecule has 2 nitrogen and oxygen atoms in total. The molecule has 0 bridgehead atoms. The average Bonchev–Trinajstić information content (AvgIpc) is 2.32. The number of hydrogen-bond acceptors (Lipinski definition) is 2. The zero-order chi connectivity index (χ0) is 12.4. The summed E-state index contributed by atoms with van der Waals surface area (Å²) in [5.74, 6) is -1.32.